The first-order valence-corrected chi connectivity index (χ1v) is 7.24. The van der Waals surface area contributed by atoms with Crippen molar-refractivity contribution in [1.29, 1.82) is 0 Å². The van der Waals surface area contributed by atoms with Gasteiger partial charge in [0, 0.05) is 24.6 Å². The zero-order valence-corrected chi connectivity index (χ0v) is 11.9. The third kappa shape index (κ3) is 5.10. The normalized spacial score (nSPS) is 10.4. The smallest absolute Gasteiger partial charge is 0.232 e. The van der Waals surface area contributed by atoms with Crippen LogP contribution in [0.2, 0.25) is 0 Å². The molecule has 0 unspecified atom stereocenters. The molecule has 1 aromatic carbocycles. The topological polar surface area (TPSA) is 40.5 Å². The number of hydrogen-bond acceptors (Lipinski definition) is 3. The predicted octanol–water partition coefficient (Wildman–Crippen LogP) is 2.32. The molecule has 1 rings (SSSR count). The van der Waals surface area contributed by atoms with Gasteiger partial charge in [0.05, 0.1) is 5.75 Å². The van der Waals surface area contributed by atoms with Crippen molar-refractivity contribution in [3.63, 3.8) is 0 Å². The SMILES string of the molecule is CCN(CCCO)C(=O)CSc1ccc(C)cc1. The molecule has 1 amide bonds. The Labute approximate surface area is 113 Å². The van der Waals surface area contributed by atoms with Gasteiger partial charge in [0.15, 0.2) is 0 Å². The summed E-state index contributed by atoms with van der Waals surface area (Å²) in [5.41, 5.74) is 1.23. The molecule has 0 saturated carbocycles. The number of benzene rings is 1. The number of thioether (sulfide) groups is 1. The van der Waals surface area contributed by atoms with Gasteiger partial charge >= 0.3 is 0 Å². The first kappa shape index (κ1) is 15.1. The molecule has 0 radical (unpaired) electrons. The lowest BCUT2D eigenvalue weighted by Crippen LogP contribution is -2.33. The second kappa shape index (κ2) is 8.16. The minimum absolute atomic E-state index is 0.134. The number of aliphatic hydroxyl groups is 1. The number of hydrogen-bond donors (Lipinski definition) is 1. The molecule has 100 valence electrons. The van der Waals surface area contributed by atoms with E-state index >= 15 is 0 Å². The van der Waals surface area contributed by atoms with Gasteiger partial charge in [-0.3, -0.25) is 4.79 Å². The molecule has 0 spiro atoms. The van der Waals surface area contributed by atoms with Gasteiger partial charge < -0.3 is 10.0 Å². The minimum Gasteiger partial charge on any atom is -0.396 e. The highest BCUT2D eigenvalue weighted by Crippen LogP contribution is 2.18. The van der Waals surface area contributed by atoms with E-state index in [2.05, 4.69) is 12.1 Å². The van der Waals surface area contributed by atoms with E-state index in [1.807, 2.05) is 26.0 Å². The quantitative estimate of drug-likeness (QED) is 0.771. The lowest BCUT2D eigenvalue weighted by atomic mass is 10.2. The average Bonchev–Trinajstić information content (AvgIpc) is 2.39. The Balaban J connectivity index is 2.41. The lowest BCUT2D eigenvalue weighted by molar-refractivity contribution is -0.128. The molecule has 0 aromatic heterocycles. The largest absolute Gasteiger partial charge is 0.396 e. The highest BCUT2D eigenvalue weighted by molar-refractivity contribution is 8.00. The van der Waals surface area contributed by atoms with E-state index in [1.54, 1.807) is 16.7 Å². The maximum atomic E-state index is 11.9. The molecule has 3 nitrogen and oxygen atoms in total. The maximum absolute atomic E-state index is 11.9. The summed E-state index contributed by atoms with van der Waals surface area (Å²) >= 11 is 1.56. The zero-order chi connectivity index (χ0) is 13.4. The molecular weight excluding hydrogens is 246 g/mol. The van der Waals surface area contributed by atoms with Gasteiger partial charge in [-0.15, -0.1) is 11.8 Å². The van der Waals surface area contributed by atoms with Crippen LogP contribution in [-0.2, 0) is 4.79 Å². The fraction of sp³-hybridized carbons (Fsp3) is 0.500. The first-order chi connectivity index (χ1) is 8.67. The molecule has 1 aromatic rings. The molecule has 4 heteroatoms. The van der Waals surface area contributed by atoms with Crippen LogP contribution in [0.3, 0.4) is 0 Å². The molecule has 0 heterocycles. The Bertz CT molecular complexity index is 365. The van der Waals surface area contributed by atoms with Gasteiger partial charge in [-0.2, -0.15) is 0 Å². The van der Waals surface area contributed by atoms with Crippen molar-refractivity contribution in [2.75, 3.05) is 25.4 Å². The second-order valence-electron chi connectivity index (χ2n) is 4.15. The second-order valence-corrected chi connectivity index (χ2v) is 5.20. The molecule has 0 atom stereocenters. The third-order valence-corrected chi connectivity index (χ3v) is 3.70. The summed E-state index contributed by atoms with van der Waals surface area (Å²) in [7, 11) is 0. The molecule has 0 aliphatic carbocycles. The number of rotatable bonds is 7. The number of aryl methyl sites for hydroxylation is 1. The Kier molecular flexibility index (Phi) is 6.83. The van der Waals surface area contributed by atoms with Crippen LogP contribution in [0.25, 0.3) is 0 Å². The monoisotopic (exact) mass is 267 g/mol. The molecule has 0 aliphatic heterocycles. The first-order valence-electron chi connectivity index (χ1n) is 6.25. The minimum atomic E-state index is 0.134. The van der Waals surface area contributed by atoms with E-state index < -0.39 is 0 Å². The van der Waals surface area contributed by atoms with Crippen molar-refractivity contribution in [2.45, 2.75) is 25.2 Å². The third-order valence-electron chi connectivity index (χ3n) is 2.70. The number of carbonyl (C=O) groups excluding carboxylic acids is 1. The van der Waals surface area contributed by atoms with Gasteiger partial charge in [-0.05, 0) is 32.4 Å². The Morgan fingerprint density at radius 1 is 1.33 bits per heavy atom. The number of nitrogens with zero attached hydrogens (tertiary/aromatic N) is 1. The average molecular weight is 267 g/mol. The van der Waals surface area contributed by atoms with Crippen LogP contribution < -0.4 is 0 Å². The van der Waals surface area contributed by atoms with Gasteiger partial charge in [0.1, 0.15) is 0 Å². The van der Waals surface area contributed by atoms with Crippen LogP contribution >= 0.6 is 11.8 Å². The predicted molar refractivity (Wildman–Crippen MR) is 75.9 cm³/mol. The van der Waals surface area contributed by atoms with E-state index in [4.69, 9.17) is 5.11 Å². The van der Waals surface area contributed by atoms with Gasteiger partial charge in [-0.25, -0.2) is 0 Å². The number of aliphatic hydroxyl groups excluding tert-OH is 1. The van der Waals surface area contributed by atoms with Crippen molar-refractivity contribution in [2.24, 2.45) is 0 Å². The van der Waals surface area contributed by atoms with E-state index in [9.17, 15) is 4.79 Å². The van der Waals surface area contributed by atoms with E-state index in [1.165, 1.54) is 5.56 Å². The molecule has 18 heavy (non-hydrogen) atoms. The molecule has 0 fully saturated rings. The lowest BCUT2D eigenvalue weighted by Gasteiger charge is -2.20. The summed E-state index contributed by atoms with van der Waals surface area (Å²) in [5, 5.41) is 8.78. The van der Waals surface area contributed by atoms with Crippen molar-refractivity contribution >= 4 is 17.7 Å². The summed E-state index contributed by atoms with van der Waals surface area (Å²) in [6.07, 6.45) is 0.648. The van der Waals surface area contributed by atoms with E-state index in [0.29, 0.717) is 25.3 Å². The van der Waals surface area contributed by atoms with Crippen molar-refractivity contribution in [1.82, 2.24) is 4.90 Å². The van der Waals surface area contributed by atoms with Crippen LogP contribution in [0.1, 0.15) is 18.9 Å². The maximum Gasteiger partial charge on any atom is 0.232 e. The van der Waals surface area contributed by atoms with Crippen LogP contribution in [0.5, 0.6) is 0 Å². The number of amides is 1. The zero-order valence-electron chi connectivity index (χ0n) is 11.1. The Morgan fingerprint density at radius 3 is 2.56 bits per heavy atom. The highest BCUT2D eigenvalue weighted by atomic mass is 32.2. The summed E-state index contributed by atoms with van der Waals surface area (Å²) in [4.78, 5) is 14.9. The fourth-order valence-corrected chi connectivity index (χ4v) is 2.39. The molecule has 1 N–H and O–H groups in total. The van der Waals surface area contributed by atoms with Crippen molar-refractivity contribution in [3.8, 4) is 0 Å². The number of carbonyl (C=O) groups is 1. The summed E-state index contributed by atoms with van der Waals surface area (Å²) in [6.45, 7) is 5.49. The van der Waals surface area contributed by atoms with Crippen LogP contribution in [0.15, 0.2) is 29.2 Å². The molecule has 0 saturated heterocycles. The van der Waals surface area contributed by atoms with E-state index in [0.717, 1.165) is 4.90 Å². The van der Waals surface area contributed by atoms with Crippen molar-refractivity contribution in [3.05, 3.63) is 29.8 Å². The standard InChI is InChI=1S/C14H21NO2S/c1-3-15(9-4-10-16)14(17)11-18-13-7-5-12(2)6-8-13/h5-8,16H,3-4,9-11H2,1-2H3. The van der Waals surface area contributed by atoms with Gasteiger partial charge in [0.25, 0.3) is 0 Å². The van der Waals surface area contributed by atoms with Crippen LogP contribution in [0.4, 0.5) is 0 Å². The summed E-state index contributed by atoms with van der Waals surface area (Å²) in [5.74, 6) is 0.596. The molecule has 0 bridgehead atoms. The van der Waals surface area contributed by atoms with Crippen molar-refractivity contribution < 1.29 is 9.90 Å². The molecule has 0 aliphatic rings. The van der Waals surface area contributed by atoms with Gasteiger partial charge in [-0.1, -0.05) is 17.7 Å². The van der Waals surface area contributed by atoms with Gasteiger partial charge in [0.2, 0.25) is 5.91 Å². The highest BCUT2D eigenvalue weighted by Gasteiger charge is 2.11. The summed E-state index contributed by atoms with van der Waals surface area (Å²) < 4.78 is 0. The summed E-state index contributed by atoms with van der Waals surface area (Å²) in [6, 6.07) is 8.18. The fourth-order valence-electron chi connectivity index (χ4n) is 1.59. The van der Waals surface area contributed by atoms with E-state index in [-0.39, 0.29) is 12.5 Å². The van der Waals surface area contributed by atoms with Crippen LogP contribution in [0, 0.1) is 6.92 Å². The van der Waals surface area contributed by atoms with Crippen LogP contribution in [-0.4, -0.2) is 41.4 Å². The Hall–Kier alpha value is -1.00. The Morgan fingerprint density at radius 2 is 2.00 bits per heavy atom. The molecular formula is C14H21NO2S.